The molecule has 6 heteroatoms. The van der Waals surface area contributed by atoms with Crippen molar-refractivity contribution in [3.8, 4) is 0 Å². The monoisotopic (exact) mass is 453 g/mol. The maximum Gasteiger partial charge on any atom is 0.251 e. The van der Waals surface area contributed by atoms with Crippen molar-refractivity contribution < 1.29 is 9.18 Å². The normalized spacial score (nSPS) is 12.2. The Morgan fingerprint density at radius 1 is 0.909 bits per heavy atom. The number of nitrogens with one attached hydrogen (secondary N) is 1. The molecule has 1 aliphatic heterocycles. The van der Waals surface area contributed by atoms with Crippen LogP contribution in [0.2, 0.25) is 0 Å². The first-order valence-electron chi connectivity index (χ1n) is 10.6. The molecule has 5 rings (SSSR count). The van der Waals surface area contributed by atoms with Gasteiger partial charge in [0.2, 0.25) is 0 Å². The second-order valence-electron chi connectivity index (χ2n) is 7.58. The lowest BCUT2D eigenvalue weighted by molar-refractivity contribution is 0.0954. The summed E-state index contributed by atoms with van der Waals surface area (Å²) in [5.74, 6) is -0.445. The van der Waals surface area contributed by atoms with E-state index in [4.69, 9.17) is 4.99 Å². The van der Waals surface area contributed by atoms with E-state index in [9.17, 15) is 9.18 Å². The minimum atomic E-state index is -0.291. The molecule has 0 spiro atoms. The Morgan fingerprint density at radius 3 is 2.55 bits per heavy atom. The summed E-state index contributed by atoms with van der Waals surface area (Å²) in [5, 5.41) is 2.96. The topological polar surface area (TPSA) is 54.4 Å². The number of benzene rings is 3. The second kappa shape index (κ2) is 9.38. The smallest absolute Gasteiger partial charge is 0.251 e. The number of aromatic nitrogens is 1. The van der Waals surface area contributed by atoms with Gasteiger partial charge in [-0.3, -0.25) is 9.78 Å². The van der Waals surface area contributed by atoms with E-state index in [2.05, 4.69) is 10.3 Å². The summed E-state index contributed by atoms with van der Waals surface area (Å²) in [6.45, 7) is 0.497. The number of hydrogen-bond donors (Lipinski definition) is 1. The standard InChI is InChI=1S/C27H20FN3OS/c28-20-11-8-18(9-12-20)26-22-6-1-2-7-24(22)33-25-13-10-19(17-23(25)31-26)27(32)30-16-14-21-5-3-4-15-29-21/h1-13,15,17H,14,16H2,(H,30,32). The minimum absolute atomic E-state index is 0.154. The van der Waals surface area contributed by atoms with Gasteiger partial charge in [-0.2, -0.15) is 0 Å². The van der Waals surface area contributed by atoms with Crippen molar-refractivity contribution in [3.63, 3.8) is 0 Å². The fourth-order valence-corrected chi connectivity index (χ4v) is 4.67. The first-order chi connectivity index (χ1) is 16.2. The van der Waals surface area contributed by atoms with Crippen molar-refractivity contribution in [3.05, 3.63) is 119 Å². The lowest BCUT2D eigenvalue weighted by atomic mass is 10.0. The predicted octanol–water partition coefficient (Wildman–Crippen LogP) is 5.83. The number of nitrogens with zero attached hydrogens (tertiary/aromatic N) is 2. The zero-order chi connectivity index (χ0) is 22.6. The van der Waals surface area contributed by atoms with Crippen molar-refractivity contribution in [2.45, 2.75) is 16.2 Å². The summed E-state index contributed by atoms with van der Waals surface area (Å²) in [5.41, 5.74) is 4.75. The van der Waals surface area contributed by atoms with Crippen LogP contribution in [0.1, 0.15) is 27.2 Å². The van der Waals surface area contributed by atoms with Gasteiger partial charge in [0.25, 0.3) is 5.91 Å². The van der Waals surface area contributed by atoms with Crippen molar-refractivity contribution in [1.29, 1.82) is 0 Å². The van der Waals surface area contributed by atoms with E-state index in [0.717, 1.165) is 32.3 Å². The van der Waals surface area contributed by atoms with Gasteiger partial charge in [0.15, 0.2) is 0 Å². The Hall–Kier alpha value is -3.77. The van der Waals surface area contributed by atoms with Crippen LogP contribution in [-0.2, 0) is 6.42 Å². The second-order valence-corrected chi connectivity index (χ2v) is 8.66. The van der Waals surface area contributed by atoms with E-state index in [1.807, 2.05) is 60.7 Å². The van der Waals surface area contributed by atoms with E-state index >= 15 is 0 Å². The number of pyridine rings is 1. The number of aliphatic imine (C=N–C) groups is 1. The summed E-state index contributed by atoms with van der Waals surface area (Å²) in [6, 6.07) is 25.7. The van der Waals surface area contributed by atoms with E-state index in [1.54, 1.807) is 30.1 Å². The Balaban J connectivity index is 1.45. The number of rotatable bonds is 5. The quantitative estimate of drug-likeness (QED) is 0.364. The first kappa shape index (κ1) is 21.1. The molecule has 1 aliphatic rings. The van der Waals surface area contributed by atoms with E-state index in [1.165, 1.54) is 12.1 Å². The van der Waals surface area contributed by atoms with Gasteiger partial charge in [-0.05, 0) is 60.7 Å². The highest BCUT2D eigenvalue weighted by atomic mass is 32.2. The van der Waals surface area contributed by atoms with Crippen molar-refractivity contribution >= 4 is 29.1 Å². The minimum Gasteiger partial charge on any atom is -0.352 e. The molecule has 33 heavy (non-hydrogen) atoms. The maximum absolute atomic E-state index is 13.5. The molecule has 1 N–H and O–H groups in total. The van der Waals surface area contributed by atoms with E-state index in [0.29, 0.717) is 24.2 Å². The molecule has 3 aromatic carbocycles. The summed E-state index contributed by atoms with van der Waals surface area (Å²) >= 11 is 1.61. The molecule has 4 nitrogen and oxygen atoms in total. The van der Waals surface area contributed by atoms with Crippen LogP contribution in [0.25, 0.3) is 0 Å². The summed E-state index contributed by atoms with van der Waals surface area (Å²) in [4.78, 5) is 24.0. The van der Waals surface area contributed by atoms with Crippen LogP contribution < -0.4 is 5.32 Å². The highest BCUT2D eigenvalue weighted by Crippen LogP contribution is 2.41. The van der Waals surface area contributed by atoms with Crippen molar-refractivity contribution in [1.82, 2.24) is 10.3 Å². The SMILES string of the molecule is O=C(NCCc1ccccn1)c1ccc2c(c1)N=C(c1ccc(F)cc1)c1ccccc1S2. The maximum atomic E-state index is 13.5. The number of carbonyl (C=O) groups excluding carboxylic acids is 1. The third kappa shape index (κ3) is 4.71. The van der Waals surface area contributed by atoms with Crippen LogP contribution in [0.4, 0.5) is 10.1 Å². The molecule has 4 aromatic rings. The number of halogens is 1. The highest BCUT2D eigenvalue weighted by molar-refractivity contribution is 7.99. The first-order valence-corrected chi connectivity index (χ1v) is 11.4. The number of amides is 1. The number of hydrogen-bond acceptors (Lipinski definition) is 4. The largest absolute Gasteiger partial charge is 0.352 e. The molecule has 0 bridgehead atoms. The third-order valence-electron chi connectivity index (χ3n) is 5.33. The molecular formula is C27H20FN3OS. The lowest BCUT2D eigenvalue weighted by Gasteiger charge is -2.09. The van der Waals surface area contributed by atoms with Gasteiger partial charge < -0.3 is 5.32 Å². The Morgan fingerprint density at radius 2 is 1.73 bits per heavy atom. The fraction of sp³-hybridized carbons (Fsp3) is 0.0741. The lowest BCUT2D eigenvalue weighted by Crippen LogP contribution is -2.25. The van der Waals surface area contributed by atoms with E-state index < -0.39 is 0 Å². The zero-order valence-corrected chi connectivity index (χ0v) is 18.5. The van der Waals surface area contributed by atoms with Gasteiger partial charge in [-0.1, -0.05) is 36.0 Å². The molecule has 162 valence electrons. The Labute approximate surface area is 195 Å². The highest BCUT2D eigenvalue weighted by Gasteiger charge is 2.20. The van der Waals surface area contributed by atoms with Crippen LogP contribution >= 0.6 is 11.8 Å². The molecule has 0 unspecified atom stereocenters. The summed E-state index contributed by atoms with van der Waals surface area (Å²) in [6.07, 6.45) is 2.41. The molecule has 0 atom stereocenters. The van der Waals surface area contributed by atoms with Crippen LogP contribution in [0, 0.1) is 5.82 Å². The van der Waals surface area contributed by atoms with Gasteiger partial charge in [-0.15, -0.1) is 0 Å². The average molecular weight is 454 g/mol. The average Bonchev–Trinajstić information content (AvgIpc) is 3.01. The molecule has 0 fully saturated rings. The zero-order valence-electron chi connectivity index (χ0n) is 17.7. The molecule has 1 aromatic heterocycles. The van der Waals surface area contributed by atoms with Crippen LogP contribution in [0.3, 0.4) is 0 Å². The third-order valence-corrected chi connectivity index (χ3v) is 6.47. The molecule has 2 heterocycles. The van der Waals surface area contributed by atoms with Crippen LogP contribution in [0.5, 0.6) is 0 Å². The Kier molecular flexibility index (Phi) is 6.00. The number of fused-ring (bicyclic) bond motifs is 2. The van der Waals surface area contributed by atoms with E-state index in [-0.39, 0.29) is 11.7 Å². The van der Waals surface area contributed by atoms with Gasteiger partial charge >= 0.3 is 0 Å². The summed E-state index contributed by atoms with van der Waals surface area (Å²) in [7, 11) is 0. The molecule has 0 aliphatic carbocycles. The van der Waals surface area contributed by atoms with Crippen LogP contribution in [-0.4, -0.2) is 23.1 Å². The predicted molar refractivity (Wildman–Crippen MR) is 129 cm³/mol. The van der Waals surface area contributed by atoms with Crippen LogP contribution in [0.15, 0.2) is 106 Å². The molecular weight excluding hydrogens is 433 g/mol. The summed E-state index contributed by atoms with van der Waals surface area (Å²) < 4.78 is 13.5. The fourth-order valence-electron chi connectivity index (χ4n) is 3.66. The molecule has 0 saturated carbocycles. The molecule has 1 amide bonds. The van der Waals surface area contributed by atoms with Gasteiger partial charge in [0.1, 0.15) is 5.82 Å². The van der Waals surface area contributed by atoms with Gasteiger partial charge in [0.05, 0.1) is 11.4 Å². The number of carbonyl (C=O) groups is 1. The van der Waals surface area contributed by atoms with Gasteiger partial charge in [-0.25, -0.2) is 9.38 Å². The van der Waals surface area contributed by atoms with Crippen molar-refractivity contribution in [2.75, 3.05) is 6.54 Å². The van der Waals surface area contributed by atoms with Crippen molar-refractivity contribution in [2.24, 2.45) is 4.99 Å². The molecule has 0 saturated heterocycles. The molecule has 0 radical (unpaired) electrons. The van der Waals surface area contributed by atoms with Gasteiger partial charge in [0, 0.05) is 51.3 Å². The Bertz CT molecular complexity index is 1340.